The molecule has 1 aromatic carbocycles. The minimum Gasteiger partial charge on any atom is -0.477 e. The maximum Gasteiger partial charge on any atom is 0.343 e. The van der Waals surface area contributed by atoms with E-state index in [0.717, 1.165) is 30.7 Å². The van der Waals surface area contributed by atoms with Crippen molar-refractivity contribution < 1.29 is 9.90 Å². The summed E-state index contributed by atoms with van der Waals surface area (Å²) in [5.74, 6) is 4.63. The third kappa shape index (κ3) is 3.30. The highest BCUT2D eigenvalue weighted by molar-refractivity contribution is 8.03. The molecule has 3 N–H and O–H groups in total. The Morgan fingerprint density at radius 3 is 2.63 bits per heavy atom. The number of allylic oxidation sites excluding steroid dienone is 1. The molecule has 1 saturated heterocycles. The number of aromatic nitrogens is 1. The number of carbonyl (C=O) groups is 1. The molecule has 1 aromatic heterocycles. The van der Waals surface area contributed by atoms with Crippen molar-refractivity contribution in [2.75, 3.05) is 43.5 Å². The number of carboxylic acids is 1. The Balaban J connectivity index is 1.65. The molecule has 2 aromatic rings. The number of rotatable bonds is 4. The normalized spacial score (nSPS) is 20.4. The van der Waals surface area contributed by atoms with Crippen LogP contribution in [0.2, 0.25) is 0 Å². The average molecular weight is 386 g/mol. The molecule has 1 atom stereocenters. The van der Waals surface area contributed by atoms with Gasteiger partial charge in [0.2, 0.25) is 0 Å². The van der Waals surface area contributed by atoms with Crippen molar-refractivity contribution in [3.63, 3.8) is 0 Å². The lowest BCUT2D eigenvalue weighted by Crippen LogP contribution is -2.49. The molecule has 1 unspecified atom stereocenters. The summed E-state index contributed by atoms with van der Waals surface area (Å²) in [6, 6.07) is 7.20. The Morgan fingerprint density at radius 1 is 1.22 bits per heavy atom. The van der Waals surface area contributed by atoms with Crippen LogP contribution in [-0.2, 0) is 0 Å². The standard InChI is InChI=1S/C19H22N4O3S/c20-23-15-6-2-1-5-14(15)17(16(18(23)24)19(25)26)22-9-7-21(8-10-22)12-13-4-3-11-27-13/h1-3,5-6,11,13H,4,7-10,12,20H2,(H,25,26). The van der Waals surface area contributed by atoms with E-state index in [-0.39, 0.29) is 5.56 Å². The number of nitrogens with two attached hydrogens (primary N) is 1. The molecule has 0 aliphatic carbocycles. The quantitative estimate of drug-likeness (QED) is 0.771. The third-order valence-electron chi connectivity index (χ3n) is 5.22. The number of hydrogen-bond donors (Lipinski definition) is 2. The third-order valence-corrected chi connectivity index (χ3v) is 6.29. The van der Waals surface area contributed by atoms with Gasteiger partial charge in [0.05, 0.1) is 11.2 Å². The first-order valence-electron chi connectivity index (χ1n) is 9.00. The summed E-state index contributed by atoms with van der Waals surface area (Å²) in [7, 11) is 0. The first-order chi connectivity index (χ1) is 13.1. The number of thioether (sulfide) groups is 1. The maximum atomic E-state index is 12.6. The topological polar surface area (TPSA) is 91.8 Å². The molecule has 2 aliphatic heterocycles. The number of piperazine rings is 1. The highest BCUT2D eigenvalue weighted by atomic mass is 32.2. The molecular formula is C19H22N4O3S. The minimum atomic E-state index is -1.24. The summed E-state index contributed by atoms with van der Waals surface area (Å²) in [4.78, 5) is 28.9. The lowest BCUT2D eigenvalue weighted by atomic mass is 10.1. The van der Waals surface area contributed by atoms with E-state index < -0.39 is 11.5 Å². The van der Waals surface area contributed by atoms with Gasteiger partial charge in [0.25, 0.3) is 5.56 Å². The fourth-order valence-electron chi connectivity index (χ4n) is 3.86. The molecule has 7 nitrogen and oxygen atoms in total. The number of anilines is 1. The molecule has 0 bridgehead atoms. The van der Waals surface area contributed by atoms with E-state index in [2.05, 4.69) is 16.4 Å². The van der Waals surface area contributed by atoms with Gasteiger partial charge in [-0.1, -0.05) is 24.3 Å². The van der Waals surface area contributed by atoms with Gasteiger partial charge in [0.15, 0.2) is 5.56 Å². The number of fused-ring (bicyclic) bond motifs is 1. The van der Waals surface area contributed by atoms with Crippen LogP contribution in [0, 0.1) is 0 Å². The van der Waals surface area contributed by atoms with Crippen LogP contribution in [0.4, 0.5) is 5.69 Å². The predicted octanol–water partition coefficient (Wildman–Crippen LogP) is 1.55. The molecule has 3 heterocycles. The summed E-state index contributed by atoms with van der Waals surface area (Å²) in [5.41, 5.74) is 0.104. The van der Waals surface area contributed by atoms with E-state index in [0.29, 0.717) is 34.9 Å². The van der Waals surface area contributed by atoms with Gasteiger partial charge in [0.1, 0.15) is 0 Å². The van der Waals surface area contributed by atoms with E-state index >= 15 is 0 Å². The molecule has 142 valence electrons. The van der Waals surface area contributed by atoms with Gasteiger partial charge in [-0.05, 0) is 17.9 Å². The second-order valence-electron chi connectivity index (χ2n) is 6.87. The highest BCUT2D eigenvalue weighted by Crippen LogP contribution is 2.30. The molecule has 1 fully saturated rings. The van der Waals surface area contributed by atoms with Crippen LogP contribution >= 0.6 is 11.8 Å². The minimum absolute atomic E-state index is 0.250. The van der Waals surface area contributed by atoms with Crippen molar-refractivity contribution in [3.8, 4) is 0 Å². The van der Waals surface area contributed by atoms with Gasteiger partial charge >= 0.3 is 5.97 Å². The van der Waals surface area contributed by atoms with Gasteiger partial charge in [-0.25, -0.2) is 9.47 Å². The van der Waals surface area contributed by atoms with Crippen LogP contribution in [0.25, 0.3) is 10.9 Å². The van der Waals surface area contributed by atoms with Crippen molar-refractivity contribution in [3.05, 3.63) is 51.7 Å². The van der Waals surface area contributed by atoms with Crippen LogP contribution in [0.15, 0.2) is 40.5 Å². The van der Waals surface area contributed by atoms with Crippen molar-refractivity contribution in [2.45, 2.75) is 11.7 Å². The Morgan fingerprint density at radius 2 is 1.96 bits per heavy atom. The Kier molecular flexibility index (Phi) is 4.84. The first-order valence-corrected chi connectivity index (χ1v) is 9.94. The van der Waals surface area contributed by atoms with E-state index in [1.54, 1.807) is 12.1 Å². The Bertz CT molecular complexity index is 955. The zero-order valence-corrected chi connectivity index (χ0v) is 15.7. The van der Waals surface area contributed by atoms with Gasteiger partial charge in [-0.3, -0.25) is 9.69 Å². The van der Waals surface area contributed by atoms with Crippen LogP contribution in [-0.4, -0.2) is 58.6 Å². The second-order valence-corrected chi connectivity index (χ2v) is 8.09. The molecule has 0 amide bonds. The molecule has 0 saturated carbocycles. The molecule has 0 radical (unpaired) electrons. The lowest BCUT2D eigenvalue weighted by molar-refractivity contribution is 0.0695. The van der Waals surface area contributed by atoms with Gasteiger partial charge in [-0.2, -0.15) is 0 Å². The average Bonchev–Trinajstić information content (AvgIpc) is 3.18. The summed E-state index contributed by atoms with van der Waals surface area (Å²) in [5, 5.41) is 13.1. The maximum absolute atomic E-state index is 12.6. The number of para-hydroxylation sites is 1. The number of nitrogens with zero attached hydrogens (tertiary/aromatic N) is 3. The fourth-order valence-corrected chi connectivity index (χ4v) is 4.82. The first kappa shape index (κ1) is 17.9. The molecule has 27 heavy (non-hydrogen) atoms. The van der Waals surface area contributed by atoms with Gasteiger partial charge in [0, 0.05) is 43.4 Å². The van der Waals surface area contributed by atoms with Crippen molar-refractivity contribution in [2.24, 2.45) is 0 Å². The molecule has 0 spiro atoms. The predicted molar refractivity (Wildman–Crippen MR) is 109 cm³/mol. The summed E-state index contributed by atoms with van der Waals surface area (Å²) in [6.45, 7) is 4.08. The molecular weight excluding hydrogens is 364 g/mol. The van der Waals surface area contributed by atoms with Crippen LogP contribution in [0.5, 0.6) is 0 Å². The summed E-state index contributed by atoms with van der Waals surface area (Å²) >= 11 is 1.87. The fraction of sp³-hybridized carbons (Fsp3) is 0.368. The number of pyridine rings is 1. The van der Waals surface area contributed by atoms with Gasteiger partial charge < -0.3 is 15.8 Å². The number of hydrogen-bond acceptors (Lipinski definition) is 6. The lowest BCUT2D eigenvalue weighted by Gasteiger charge is -2.38. The summed E-state index contributed by atoms with van der Waals surface area (Å²) in [6.07, 6.45) is 3.31. The zero-order valence-electron chi connectivity index (χ0n) is 14.9. The van der Waals surface area contributed by atoms with Crippen molar-refractivity contribution >= 4 is 34.3 Å². The molecule has 2 aliphatic rings. The zero-order chi connectivity index (χ0) is 19.0. The van der Waals surface area contributed by atoms with E-state index in [9.17, 15) is 14.7 Å². The van der Waals surface area contributed by atoms with E-state index in [1.807, 2.05) is 28.8 Å². The summed E-state index contributed by atoms with van der Waals surface area (Å²) < 4.78 is 0.933. The van der Waals surface area contributed by atoms with Crippen molar-refractivity contribution in [1.29, 1.82) is 0 Å². The Hall–Kier alpha value is -2.45. The number of aromatic carboxylic acids is 1. The molecule has 8 heteroatoms. The largest absolute Gasteiger partial charge is 0.477 e. The Labute approximate surface area is 161 Å². The monoisotopic (exact) mass is 386 g/mol. The number of carboxylic acid groups (broad SMARTS) is 1. The smallest absolute Gasteiger partial charge is 0.343 e. The highest BCUT2D eigenvalue weighted by Gasteiger charge is 2.28. The van der Waals surface area contributed by atoms with Gasteiger partial charge in [-0.15, -0.1) is 11.8 Å². The van der Waals surface area contributed by atoms with E-state index in [1.165, 1.54) is 0 Å². The number of benzene rings is 1. The SMILES string of the molecule is Nn1c(=O)c(C(=O)O)c(N2CCN(CC3CC=CS3)CC2)c2ccccc21. The molecule has 4 rings (SSSR count). The van der Waals surface area contributed by atoms with Crippen LogP contribution in [0.3, 0.4) is 0 Å². The van der Waals surface area contributed by atoms with E-state index in [4.69, 9.17) is 5.84 Å². The van der Waals surface area contributed by atoms with Crippen molar-refractivity contribution in [1.82, 2.24) is 9.58 Å². The number of nitrogen functional groups attached to an aromatic ring is 1. The second kappa shape index (κ2) is 7.28. The van der Waals surface area contributed by atoms with Crippen LogP contribution < -0.4 is 16.3 Å². The van der Waals surface area contributed by atoms with Crippen LogP contribution in [0.1, 0.15) is 16.8 Å².